The highest BCUT2D eigenvalue weighted by Gasteiger charge is 2.20. The predicted molar refractivity (Wildman–Crippen MR) is 146 cm³/mol. The van der Waals surface area contributed by atoms with E-state index in [9.17, 15) is 24.6 Å². The minimum atomic E-state index is -1.23. The maximum absolute atomic E-state index is 11.3. The third-order valence-electron chi connectivity index (χ3n) is 5.42. The van der Waals surface area contributed by atoms with Gasteiger partial charge in [-0.1, -0.05) is 6.07 Å². The second-order valence-electron chi connectivity index (χ2n) is 8.06. The standard InChI is InChI=1S/C27H23NO8S2/c1-35-18-5-2-16(3-6-18)21-8-10-23(37-21)24-11-9-22(38-24)17-4-7-19(20(12-17)36-15-27(33)34)28(13-25(29)30)14-26(31)32/h2-12H,13-15H2,1H3,(H,29,30)(H,31,32)(H,33,34). The Morgan fingerprint density at radius 1 is 0.711 bits per heavy atom. The molecule has 0 spiro atoms. The molecule has 0 amide bonds. The average Bonchev–Trinajstić information content (AvgIpc) is 3.57. The summed E-state index contributed by atoms with van der Waals surface area (Å²) in [5.74, 6) is -2.80. The summed E-state index contributed by atoms with van der Waals surface area (Å²) >= 11 is 3.19. The van der Waals surface area contributed by atoms with Crippen LogP contribution in [0.5, 0.6) is 11.5 Å². The number of hydrogen-bond donors (Lipinski definition) is 3. The van der Waals surface area contributed by atoms with Crippen molar-refractivity contribution in [2.45, 2.75) is 0 Å². The van der Waals surface area contributed by atoms with E-state index in [1.54, 1.807) is 36.6 Å². The molecule has 0 aliphatic heterocycles. The van der Waals surface area contributed by atoms with Crippen LogP contribution in [-0.4, -0.2) is 60.0 Å². The van der Waals surface area contributed by atoms with Crippen molar-refractivity contribution in [2.75, 3.05) is 31.7 Å². The van der Waals surface area contributed by atoms with Gasteiger partial charge in [0.05, 0.1) is 12.8 Å². The number of hydrogen-bond acceptors (Lipinski definition) is 8. The predicted octanol–water partition coefficient (Wildman–Crippen LogP) is 5.26. The lowest BCUT2D eigenvalue weighted by atomic mass is 10.1. The molecule has 38 heavy (non-hydrogen) atoms. The van der Waals surface area contributed by atoms with Crippen LogP contribution in [0.2, 0.25) is 0 Å². The summed E-state index contributed by atoms with van der Waals surface area (Å²) in [6.07, 6.45) is 0. The van der Waals surface area contributed by atoms with Crippen molar-refractivity contribution >= 4 is 46.3 Å². The van der Waals surface area contributed by atoms with E-state index >= 15 is 0 Å². The summed E-state index contributed by atoms with van der Waals surface area (Å²) in [4.78, 5) is 39.0. The number of nitrogens with zero attached hydrogens (tertiary/aromatic N) is 1. The van der Waals surface area contributed by atoms with Crippen LogP contribution in [-0.2, 0) is 14.4 Å². The Bertz CT molecular complexity index is 1440. The second-order valence-corrected chi connectivity index (χ2v) is 10.2. The summed E-state index contributed by atoms with van der Waals surface area (Å²) in [5.41, 5.74) is 1.99. The highest BCUT2D eigenvalue weighted by molar-refractivity contribution is 7.25. The molecular weight excluding hydrogens is 530 g/mol. The van der Waals surface area contributed by atoms with Crippen LogP contribution in [0.3, 0.4) is 0 Å². The summed E-state index contributed by atoms with van der Waals surface area (Å²) in [7, 11) is 1.63. The van der Waals surface area contributed by atoms with Gasteiger partial charge in [0.1, 0.15) is 24.6 Å². The van der Waals surface area contributed by atoms with Crippen LogP contribution in [0, 0.1) is 0 Å². The molecule has 0 aliphatic rings. The molecule has 4 rings (SSSR count). The van der Waals surface area contributed by atoms with E-state index in [-0.39, 0.29) is 11.4 Å². The van der Waals surface area contributed by atoms with Gasteiger partial charge in [-0.2, -0.15) is 0 Å². The number of ether oxygens (including phenoxy) is 2. The fourth-order valence-electron chi connectivity index (χ4n) is 3.74. The Morgan fingerprint density at radius 3 is 1.76 bits per heavy atom. The lowest BCUT2D eigenvalue weighted by Crippen LogP contribution is -2.34. The number of rotatable bonds is 12. The van der Waals surface area contributed by atoms with Crippen molar-refractivity contribution in [3.8, 4) is 42.1 Å². The normalized spacial score (nSPS) is 10.7. The molecule has 2 aromatic heterocycles. The first-order valence-electron chi connectivity index (χ1n) is 11.3. The molecule has 0 atom stereocenters. The Hall–Kier alpha value is -4.35. The summed E-state index contributed by atoms with van der Waals surface area (Å²) in [5, 5.41) is 27.6. The van der Waals surface area contributed by atoms with Crippen LogP contribution in [0.1, 0.15) is 0 Å². The molecule has 4 aromatic rings. The zero-order valence-corrected chi connectivity index (χ0v) is 21.8. The Kier molecular flexibility index (Phi) is 8.29. The lowest BCUT2D eigenvalue weighted by Gasteiger charge is -2.23. The van der Waals surface area contributed by atoms with Crippen molar-refractivity contribution in [2.24, 2.45) is 0 Å². The van der Waals surface area contributed by atoms with Crippen molar-refractivity contribution in [3.63, 3.8) is 0 Å². The highest BCUT2D eigenvalue weighted by Crippen LogP contribution is 2.42. The molecule has 0 radical (unpaired) electrons. The second kappa shape index (κ2) is 11.8. The molecule has 0 saturated heterocycles. The van der Waals surface area contributed by atoms with Gasteiger partial charge in [0, 0.05) is 19.5 Å². The smallest absolute Gasteiger partial charge is 0.341 e. The topological polar surface area (TPSA) is 134 Å². The van der Waals surface area contributed by atoms with E-state index < -0.39 is 37.6 Å². The van der Waals surface area contributed by atoms with Gasteiger partial charge in [-0.15, -0.1) is 22.7 Å². The number of benzene rings is 2. The maximum Gasteiger partial charge on any atom is 0.341 e. The summed E-state index contributed by atoms with van der Waals surface area (Å²) < 4.78 is 10.7. The van der Waals surface area contributed by atoms with Gasteiger partial charge in [0.15, 0.2) is 6.61 Å². The molecule has 2 aromatic carbocycles. The van der Waals surface area contributed by atoms with Crippen molar-refractivity contribution < 1.29 is 39.2 Å². The Morgan fingerprint density at radius 2 is 1.24 bits per heavy atom. The van der Waals surface area contributed by atoms with Gasteiger partial charge >= 0.3 is 17.9 Å². The van der Waals surface area contributed by atoms with Gasteiger partial charge in [-0.05, 0) is 71.8 Å². The minimum absolute atomic E-state index is 0.0836. The first-order chi connectivity index (χ1) is 18.2. The number of anilines is 1. The Labute approximate surface area is 225 Å². The first-order valence-corrected chi connectivity index (χ1v) is 12.9. The van der Waals surface area contributed by atoms with Gasteiger partial charge in [0.2, 0.25) is 0 Å². The molecule has 0 saturated carbocycles. The number of carboxylic acids is 3. The number of carboxylic acid groups (broad SMARTS) is 3. The van der Waals surface area contributed by atoms with E-state index in [0.717, 1.165) is 41.3 Å². The number of aliphatic carboxylic acids is 3. The zero-order valence-electron chi connectivity index (χ0n) is 20.1. The molecule has 196 valence electrons. The molecule has 0 unspecified atom stereocenters. The summed E-state index contributed by atoms with van der Waals surface area (Å²) in [6.45, 7) is -1.84. The number of thiophene rings is 2. The first kappa shape index (κ1) is 26.7. The third kappa shape index (κ3) is 6.50. The highest BCUT2D eigenvalue weighted by atomic mass is 32.1. The van der Waals surface area contributed by atoms with Gasteiger partial charge < -0.3 is 29.7 Å². The fraction of sp³-hybridized carbons (Fsp3) is 0.148. The van der Waals surface area contributed by atoms with Crippen molar-refractivity contribution in [1.29, 1.82) is 0 Å². The third-order valence-corrected chi connectivity index (χ3v) is 7.88. The van der Waals surface area contributed by atoms with Crippen LogP contribution >= 0.6 is 22.7 Å². The van der Waals surface area contributed by atoms with Crippen LogP contribution in [0.15, 0.2) is 66.7 Å². The fourth-order valence-corrected chi connectivity index (χ4v) is 5.85. The van der Waals surface area contributed by atoms with Crippen LogP contribution in [0.25, 0.3) is 30.6 Å². The van der Waals surface area contributed by atoms with Crippen molar-refractivity contribution in [1.82, 2.24) is 0 Å². The lowest BCUT2D eigenvalue weighted by molar-refractivity contribution is -0.140. The average molecular weight is 554 g/mol. The van der Waals surface area contributed by atoms with E-state index in [1.165, 1.54) is 11.3 Å². The largest absolute Gasteiger partial charge is 0.497 e. The molecule has 0 fully saturated rings. The van der Waals surface area contributed by atoms with Gasteiger partial charge in [-0.25, -0.2) is 4.79 Å². The molecule has 3 N–H and O–H groups in total. The van der Waals surface area contributed by atoms with E-state index in [2.05, 4.69) is 12.1 Å². The molecule has 0 aliphatic carbocycles. The van der Waals surface area contributed by atoms with Gasteiger partial charge in [0.25, 0.3) is 0 Å². The monoisotopic (exact) mass is 553 g/mol. The maximum atomic E-state index is 11.3. The van der Waals surface area contributed by atoms with E-state index in [1.807, 2.05) is 36.4 Å². The Balaban J connectivity index is 1.63. The minimum Gasteiger partial charge on any atom is -0.497 e. The SMILES string of the molecule is COc1ccc(-c2ccc(-c3ccc(-c4ccc(N(CC(=O)O)CC(=O)O)c(OCC(=O)O)c4)s3)s2)cc1. The van der Waals surface area contributed by atoms with Crippen LogP contribution in [0.4, 0.5) is 5.69 Å². The molecule has 0 bridgehead atoms. The molecule has 2 heterocycles. The molecule has 9 nitrogen and oxygen atoms in total. The van der Waals surface area contributed by atoms with E-state index in [0.29, 0.717) is 0 Å². The number of carbonyl (C=O) groups is 3. The quantitative estimate of drug-likeness (QED) is 0.215. The summed E-state index contributed by atoms with van der Waals surface area (Å²) in [6, 6.07) is 20.8. The van der Waals surface area contributed by atoms with Gasteiger partial charge in [-0.3, -0.25) is 9.59 Å². The molecular formula is C27H23NO8S2. The van der Waals surface area contributed by atoms with Crippen molar-refractivity contribution in [3.05, 3.63) is 66.7 Å². The van der Waals surface area contributed by atoms with Crippen LogP contribution < -0.4 is 14.4 Å². The zero-order chi connectivity index (χ0) is 27.2. The number of methoxy groups -OCH3 is 1. The van der Waals surface area contributed by atoms with E-state index in [4.69, 9.17) is 14.6 Å². The molecule has 11 heteroatoms.